The van der Waals surface area contributed by atoms with Crippen LogP contribution in [0.4, 0.5) is 11.5 Å². The van der Waals surface area contributed by atoms with E-state index in [1.54, 1.807) is 6.20 Å². The first-order valence-electron chi connectivity index (χ1n) is 5.74. The van der Waals surface area contributed by atoms with Gasteiger partial charge in [0.1, 0.15) is 5.82 Å². The van der Waals surface area contributed by atoms with Gasteiger partial charge in [0.25, 0.3) is 0 Å². The summed E-state index contributed by atoms with van der Waals surface area (Å²) in [5.74, 6) is 0.962. The van der Waals surface area contributed by atoms with Crippen LogP contribution in [0.2, 0.25) is 0 Å². The van der Waals surface area contributed by atoms with Crippen LogP contribution in [-0.2, 0) is 6.54 Å². The number of rotatable bonds is 3. The van der Waals surface area contributed by atoms with Gasteiger partial charge in [-0.3, -0.25) is 0 Å². The van der Waals surface area contributed by atoms with Crippen molar-refractivity contribution in [3.05, 3.63) is 52.1 Å². The Morgan fingerprint density at radius 3 is 2.78 bits per heavy atom. The molecule has 0 fully saturated rings. The van der Waals surface area contributed by atoms with E-state index in [-0.39, 0.29) is 0 Å². The highest BCUT2D eigenvalue weighted by Gasteiger charge is 2.07. The SMILES string of the molecule is Cc1cc(N)cnc1N(C)Cc1cccc(Br)c1. The Kier molecular flexibility index (Phi) is 3.87. The molecule has 1 aromatic carbocycles. The number of benzene rings is 1. The van der Waals surface area contributed by atoms with Gasteiger partial charge in [-0.25, -0.2) is 4.98 Å². The van der Waals surface area contributed by atoms with Crippen molar-refractivity contribution in [1.29, 1.82) is 0 Å². The zero-order valence-electron chi connectivity index (χ0n) is 10.5. The Balaban J connectivity index is 2.19. The van der Waals surface area contributed by atoms with E-state index in [1.165, 1.54) is 5.56 Å². The van der Waals surface area contributed by atoms with E-state index in [4.69, 9.17) is 5.73 Å². The lowest BCUT2D eigenvalue weighted by Crippen LogP contribution is -2.18. The van der Waals surface area contributed by atoms with Gasteiger partial charge in [-0.1, -0.05) is 28.1 Å². The van der Waals surface area contributed by atoms with Crippen molar-refractivity contribution in [2.75, 3.05) is 17.7 Å². The van der Waals surface area contributed by atoms with Gasteiger partial charge in [-0.2, -0.15) is 0 Å². The normalized spacial score (nSPS) is 10.4. The molecule has 3 nitrogen and oxygen atoms in total. The summed E-state index contributed by atoms with van der Waals surface area (Å²) >= 11 is 3.48. The zero-order chi connectivity index (χ0) is 13.1. The Bertz CT molecular complexity index is 554. The fourth-order valence-electron chi connectivity index (χ4n) is 1.97. The van der Waals surface area contributed by atoms with E-state index in [2.05, 4.69) is 37.9 Å². The second kappa shape index (κ2) is 5.40. The Morgan fingerprint density at radius 1 is 1.33 bits per heavy atom. The summed E-state index contributed by atoms with van der Waals surface area (Å²) in [6.07, 6.45) is 1.69. The fourth-order valence-corrected chi connectivity index (χ4v) is 2.42. The third-order valence-corrected chi connectivity index (χ3v) is 3.24. The Labute approximate surface area is 116 Å². The number of anilines is 2. The molecule has 0 saturated carbocycles. The molecule has 0 amide bonds. The highest BCUT2D eigenvalue weighted by molar-refractivity contribution is 9.10. The Hall–Kier alpha value is -1.55. The average molecular weight is 306 g/mol. The summed E-state index contributed by atoms with van der Waals surface area (Å²) in [6, 6.07) is 10.2. The molecule has 0 atom stereocenters. The van der Waals surface area contributed by atoms with Gasteiger partial charge in [-0.15, -0.1) is 0 Å². The molecular formula is C14H16BrN3. The molecule has 4 heteroatoms. The van der Waals surface area contributed by atoms with Crippen molar-refractivity contribution in [2.24, 2.45) is 0 Å². The summed E-state index contributed by atoms with van der Waals surface area (Å²) in [5, 5.41) is 0. The maximum atomic E-state index is 5.71. The van der Waals surface area contributed by atoms with Crippen molar-refractivity contribution in [1.82, 2.24) is 4.98 Å². The quantitative estimate of drug-likeness (QED) is 0.945. The number of nitrogens with zero attached hydrogens (tertiary/aromatic N) is 2. The molecule has 0 unspecified atom stereocenters. The van der Waals surface area contributed by atoms with Crippen molar-refractivity contribution in [2.45, 2.75) is 13.5 Å². The van der Waals surface area contributed by atoms with Crippen LogP contribution >= 0.6 is 15.9 Å². The first kappa shape index (κ1) is 12.9. The summed E-state index contributed by atoms with van der Waals surface area (Å²) in [4.78, 5) is 6.51. The lowest BCUT2D eigenvalue weighted by atomic mass is 10.2. The smallest absolute Gasteiger partial charge is 0.131 e. The molecule has 94 valence electrons. The van der Waals surface area contributed by atoms with Crippen LogP contribution < -0.4 is 10.6 Å². The van der Waals surface area contributed by atoms with Crippen LogP contribution in [0.15, 0.2) is 41.0 Å². The number of nitrogen functional groups attached to an aromatic ring is 1. The fraction of sp³-hybridized carbons (Fsp3) is 0.214. The van der Waals surface area contributed by atoms with Crippen molar-refractivity contribution in [3.63, 3.8) is 0 Å². The van der Waals surface area contributed by atoms with Gasteiger partial charge in [0.2, 0.25) is 0 Å². The van der Waals surface area contributed by atoms with Crippen molar-refractivity contribution >= 4 is 27.4 Å². The maximum absolute atomic E-state index is 5.71. The second-order valence-corrected chi connectivity index (χ2v) is 5.31. The molecule has 18 heavy (non-hydrogen) atoms. The highest BCUT2D eigenvalue weighted by Crippen LogP contribution is 2.20. The molecule has 0 spiro atoms. The molecule has 0 radical (unpaired) electrons. The minimum absolute atomic E-state index is 0.701. The van der Waals surface area contributed by atoms with Gasteiger partial charge in [0, 0.05) is 18.1 Å². The third-order valence-electron chi connectivity index (χ3n) is 2.74. The first-order chi connectivity index (χ1) is 8.56. The standard InChI is InChI=1S/C14H16BrN3/c1-10-6-13(16)8-17-14(10)18(2)9-11-4-3-5-12(15)7-11/h3-8H,9,16H2,1-2H3. The Morgan fingerprint density at radius 2 is 2.11 bits per heavy atom. The first-order valence-corrected chi connectivity index (χ1v) is 6.53. The third kappa shape index (κ3) is 3.01. The lowest BCUT2D eigenvalue weighted by molar-refractivity contribution is 0.891. The minimum atomic E-state index is 0.701. The molecule has 0 bridgehead atoms. The van der Waals surface area contributed by atoms with Crippen molar-refractivity contribution in [3.8, 4) is 0 Å². The monoisotopic (exact) mass is 305 g/mol. The van der Waals surface area contributed by atoms with Gasteiger partial charge >= 0.3 is 0 Å². The molecule has 2 N–H and O–H groups in total. The predicted octanol–water partition coefficient (Wildman–Crippen LogP) is 3.37. The van der Waals surface area contributed by atoms with Gasteiger partial charge < -0.3 is 10.6 Å². The van der Waals surface area contributed by atoms with Crippen LogP contribution in [0.3, 0.4) is 0 Å². The summed E-state index contributed by atoms with van der Waals surface area (Å²) in [7, 11) is 2.03. The molecule has 2 aromatic rings. The van der Waals surface area contributed by atoms with Crippen LogP contribution in [0.1, 0.15) is 11.1 Å². The average Bonchev–Trinajstić information content (AvgIpc) is 2.28. The van der Waals surface area contributed by atoms with E-state index in [9.17, 15) is 0 Å². The van der Waals surface area contributed by atoms with Crippen LogP contribution in [-0.4, -0.2) is 12.0 Å². The maximum Gasteiger partial charge on any atom is 0.131 e. The van der Waals surface area contributed by atoms with Gasteiger partial charge in [-0.05, 0) is 36.2 Å². The molecule has 2 rings (SSSR count). The topological polar surface area (TPSA) is 42.1 Å². The van der Waals surface area contributed by atoms with Gasteiger partial charge in [0.15, 0.2) is 0 Å². The van der Waals surface area contributed by atoms with E-state index in [1.807, 2.05) is 32.2 Å². The van der Waals surface area contributed by atoms with E-state index in [0.29, 0.717) is 5.69 Å². The molecule has 1 aromatic heterocycles. The van der Waals surface area contributed by atoms with Crippen LogP contribution in [0.5, 0.6) is 0 Å². The summed E-state index contributed by atoms with van der Waals surface area (Å²) in [5.41, 5.74) is 8.74. The number of aryl methyl sites for hydroxylation is 1. The number of nitrogens with two attached hydrogens (primary N) is 1. The molecule has 0 aliphatic heterocycles. The number of halogens is 1. The number of hydrogen-bond acceptors (Lipinski definition) is 3. The molecular weight excluding hydrogens is 290 g/mol. The predicted molar refractivity (Wildman–Crippen MR) is 79.6 cm³/mol. The largest absolute Gasteiger partial charge is 0.397 e. The number of pyridine rings is 1. The molecule has 0 aliphatic carbocycles. The number of hydrogen-bond donors (Lipinski definition) is 1. The van der Waals surface area contributed by atoms with E-state index < -0.39 is 0 Å². The second-order valence-electron chi connectivity index (χ2n) is 4.40. The van der Waals surface area contributed by atoms with E-state index in [0.717, 1.165) is 22.4 Å². The lowest BCUT2D eigenvalue weighted by Gasteiger charge is -2.20. The van der Waals surface area contributed by atoms with Crippen LogP contribution in [0.25, 0.3) is 0 Å². The highest BCUT2D eigenvalue weighted by atomic mass is 79.9. The van der Waals surface area contributed by atoms with Crippen LogP contribution in [0, 0.1) is 6.92 Å². The minimum Gasteiger partial charge on any atom is -0.397 e. The molecule has 1 heterocycles. The van der Waals surface area contributed by atoms with Crippen molar-refractivity contribution < 1.29 is 0 Å². The number of aromatic nitrogens is 1. The summed E-state index contributed by atoms with van der Waals surface area (Å²) in [6.45, 7) is 2.84. The van der Waals surface area contributed by atoms with Gasteiger partial charge in [0.05, 0.1) is 11.9 Å². The zero-order valence-corrected chi connectivity index (χ0v) is 12.1. The molecule has 0 saturated heterocycles. The summed E-state index contributed by atoms with van der Waals surface area (Å²) < 4.78 is 1.09. The van der Waals surface area contributed by atoms with E-state index >= 15 is 0 Å². The molecule has 0 aliphatic rings.